The minimum absolute atomic E-state index is 0.102. The van der Waals surface area contributed by atoms with Crippen LogP contribution in [0.25, 0.3) is 0 Å². The van der Waals surface area contributed by atoms with Crippen LogP contribution in [-0.2, 0) is 22.6 Å². The molecule has 0 atom stereocenters. The predicted octanol–water partition coefficient (Wildman–Crippen LogP) is 8.24. The molecule has 42 heavy (non-hydrogen) atoms. The zero-order valence-electron chi connectivity index (χ0n) is 23.6. The minimum atomic E-state index is -0.479. The van der Waals surface area contributed by atoms with Gasteiger partial charge in [-0.3, -0.25) is 9.59 Å². The number of methoxy groups -OCH3 is 1. The summed E-state index contributed by atoms with van der Waals surface area (Å²) in [6.07, 6.45) is 5.01. The molecule has 2 aliphatic carbocycles. The third kappa shape index (κ3) is 5.48. The molecule has 0 radical (unpaired) electrons. The van der Waals surface area contributed by atoms with Gasteiger partial charge in [0.25, 0.3) is 0 Å². The molecule has 3 aliphatic rings. The first-order valence-corrected chi connectivity index (χ1v) is 15.3. The maximum atomic E-state index is 13.7. The Morgan fingerprint density at radius 1 is 0.810 bits per heavy atom. The van der Waals surface area contributed by atoms with Crippen LogP contribution in [0.2, 0.25) is 10.0 Å². The van der Waals surface area contributed by atoms with Gasteiger partial charge >= 0.3 is 0 Å². The maximum absolute atomic E-state index is 13.7. The molecule has 0 saturated heterocycles. The Morgan fingerprint density at radius 2 is 1.45 bits per heavy atom. The Balaban J connectivity index is 1.41. The summed E-state index contributed by atoms with van der Waals surface area (Å²) in [5.41, 5.74) is 6.39. The van der Waals surface area contributed by atoms with Gasteiger partial charge in [0.05, 0.1) is 12.1 Å². The van der Waals surface area contributed by atoms with E-state index >= 15 is 0 Å². The number of halogens is 2. The van der Waals surface area contributed by atoms with E-state index in [9.17, 15) is 9.59 Å². The Bertz CT molecular complexity index is 1550. The molecule has 1 heterocycles. The average Bonchev–Trinajstić information content (AvgIpc) is 3.00. The minimum Gasteiger partial charge on any atom is -0.493 e. The number of allylic oxidation sites excluding steroid dienone is 4. The standard InChI is InChI=1S/C35H33Cl2NO4/c1-41-31-20-24(19-26(37)35(31)42-21-23-11-5-6-12-25(23)36)32-33-27(13-7-15-29(33)39)38(18-17-22-9-3-2-4-10-22)28-14-8-16-30(40)34(28)32/h2-6,9-12,19-20,32H,7-8,13-18,21H2,1H3. The Morgan fingerprint density at radius 3 is 2.10 bits per heavy atom. The fourth-order valence-corrected chi connectivity index (χ4v) is 6.98. The van der Waals surface area contributed by atoms with Crippen molar-refractivity contribution >= 4 is 34.8 Å². The van der Waals surface area contributed by atoms with E-state index < -0.39 is 5.92 Å². The smallest absolute Gasteiger partial charge is 0.180 e. The molecule has 3 aromatic rings. The summed E-state index contributed by atoms with van der Waals surface area (Å²) in [5, 5.41) is 0.965. The molecule has 1 aliphatic heterocycles. The van der Waals surface area contributed by atoms with Crippen LogP contribution in [0.5, 0.6) is 11.5 Å². The van der Waals surface area contributed by atoms with E-state index in [0.29, 0.717) is 34.4 Å². The lowest BCUT2D eigenvalue weighted by atomic mass is 9.71. The predicted molar refractivity (Wildman–Crippen MR) is 165 cm³/mol. The van der Waals surface area contributed by atoms with Gasteiger partial charge in [0.2, 0.25) is 0 Å². The summed E-state index contributed by atoms with van der Waals surface area (Å²) in [5.74, 6) is 0.575. The van der Waals surface area contributed by atoms with Crippen molar-refractivity contribution in [2.75, 3.05) is 13.7 Å². The van der Waals surface area contributed by atoms with Gasteiger partial charge in [0, 0.05) is 58.4 Å². The van der Waals surface area contributed by atoms with E-state index in [1.54, 1.807) is 7.11 Å². The normalized spacial score (nSPS) is 17.4. The van der Waals surface area contributed by atoms with Crippen molar-refractivity contribution in [3.8, 4) is 11.5 Å². The van der Waals surface area contributed by atoms with E-state index in [1.807, 2.05) is 54.6 Å². The summed E-state index contributed by atoms with van der Waals surface area (Å²) < 4.78 is 11.9. The number of hydrogen-bond donors (Lipinski definition) is 0. The Hall–Kier alpha value is -3.54. The van der Waals surface area contributed by atoms with E-state index in [0.717, 1.165) is 72.3 Å². The summed E-state index contributed by atoms with van der Waals surface area (Å²) >= 11 is 13.2. The van der Waals surface area contributed by atoms with Gasteiger partial charge in [-0.15, -0.1) is 0 Å². The van der Waals surface area contributed by atoms with Gasteiger partial charge in [0.15, 0.2) is 23.1 Å². The first kappa shape index (κ1) is 28.6. The fraction of sp³-hybridized carbons (Fsp3) is 0.314. The SMILES string of the molecule is COc1cc(C2C3=C(CCCC3=O)N(CCc3ccccc3)C3=C2C(=O)CCC3)cc(Cl)c1OCc1ccccc1Cl. The van der Waals surface area contributed by atoms with E-state index in [2.05, 4.69) is 17.0 Å². The van der Waals surface area contributed by atoms with E-state index in [1.165, 1.54) is 5.56 Å². The molecule has 0 aromatic heterocycles. The van der Waals surface area contributed by atoms with Gasteiger partial charge in [-0.1, -0.05) is 71.7 Å². The lowest BCUT2D eigenvalue weighted by Gasteiger charge is -2.44. The van der Waals surface area contributed by atoms with Crippen molar-refractivity contribution in [2.24, 2.45) is 0 Å². The van der Waals surface area contributed by atoms with Crippen LogP contribution in [-0.4, -0.2) is 30.1 Å². The summed E-state index contributed by atoms with van der Waals surface area (Å²) in [4.78, 5) is 29.7. The van der Waals surface area contributed by atoms with Crippen LogP contribution in [0.3, 0.4) is 0 Å². The molecule has 7 heteroatoms. The van der Waals surface area contributed by atoms with Crippen LogP contribution in [0.15, 0.2) is 89.3 Å². The average molecular weight is 603 g/mol. The lowest BCUT2D eigenvalue weighted by molar-refractivity contribution is -0.117. The van der Waals surface area contributed by atoms with Crippen molar-refractivity contribution in [3.05, 3.63) is 116 Å². The molecule has 3 aromatic carbocycles. The van der Waals surface area contributed by atoms with Gasteiger partial charge in [-0.2, -0.15) is 0 Å². The first-order valence-electron chi connectivity index (χ1n) is 14.5. The Labute approximate surface area is 256 Å². The molecule has 0 bridgehead atoms. The molecule has 5 nitrogen and oxygen atoms in total. The van der Waals surface area contributed by atoms with Crippen molar-refractivity contribution in [3.63, 3.8) is 0 Å². The third-order valence-corrected chi connectivity index (χ3v) is 9.12. The molecule has 0 fully saturated rings. The van der Waals surface area contributed by atoms with Crippen LogP contribution in [0, 0.1) is 0 Å². The monoisotopic (exact) mass is 601 g/mol. The van der Waals surface area contributed by atoms with Crippen molar-refractivity contribution in [2.45, 2.75) is 57.5 Å². The second-order valence-corrected chi connectivity index (χ2v) is 11.8. The van der Waals surface area contributed by atoms with Crippen LogP contribution < -0.4 is 9.47 Å². The highest BCUT2D eigenvalue weighted by Gasteiger charge is 2.43. The highest BCUT2D eigenvalue weighted by Crippen LogP contribution is 2.51. The molecular weight excluding hydrogens is 569 g/mol. The quantitative estimate of drug-likeness (QED) is 0.260. The maximum Gasteiger partial charge on any atom is 0.180 e. The van der Waals surface area contributed by atoms with Gasteiger partial charge in [-0.25, -0.2) is 0 Å². The fourth-order valence-electron chi connectivity index (χ4n) is 6.52. The lowest BCUT2D eigenvalue weighted by Crippen LogP contribution is -2.40. The highest BCUT2D eigenvalue weighted by atomic mass is 35.5. The number of ether oxygens (including phenoxy) is 2. The van der Waals surface area contributed by atoms with Crippen molar-refractivity contribution in [1.29, 1.82) is 0 Å². The topological polar surface area (TPSA) is 55.8 Å². The second-order valence-electron chi connectivity index (χ2n) is 11.0. The molecule has 216 valence electrons. The number of nitrogens with zero attached hydrogens (tertiary/aromatic N) is 1. The molecule has 0 amide bonds. The van der Waals surface area contributed by atoms with Crippen LogP contribution in [0.4, 0.5) is 0 Å². The van der Waals surface area contributed by atoms with Gasteiger partial charge in [0.1, 0.15) is 6.61 Å². The largest absolute Gasteiger partial charge is 0.493 e. The summed E-state index contributed by atoms with van der Waals surface area (Å²) in [6, 6.07) is 21.5. The van der Waals surface area contributed by atoms with E-state index in [-0.39, 0.29) is 18.2 Å². The number of Topliss-reactive ketones (excluding diaryl/α,β-unsaturated/α-hetero) is 2. The number of benzene rings is 3. The zero-order chi connectivity index (χ0) is 29.2. The van der Waals surface area contributed by atoms with Gasteiger partial charge in [-0.05, 0) is 61.4 Å². The number of carbonyl (C=O) groups is 2. The number of rotatable bonds is 8. The van der Waals surface area contributed by atoms with Crippen molar-refractivity contribution < 1.29 is 19.1 Å². The molecular formula is C35H33Cl2NO4. The summed E-state index contributed by atoms with van der Waals surface area (Å²) in [6.45, 7) is 0.949. The first-order chi connectivity index (χ1) is 20.5. The zero-order valence-corrected chi connectivity index (χ0v) is 25.1. The third-order valence-electron chi connectivity index (χ3n) is 8.47. The van der Waals surface area contributed by atoms with Crippen LogP contribution >= 0.6 is 23.2 Å². The molecule has 0 unspecified atom stereocenters. The van der Waals surface area contributed by atoms with Crippen molar-refractivity contribution in [1.82, 2.24) is 4.90 Å². The molecule has 0 saturated carbocycles. The molecule has 0 spiro atoms. The number of hydrogen-bond acceptors (Lipinski definition) is 5. The second kappa shape index (κ2) is 12.4. The Kier molecular flexibility index (Phi) is 8.41. The van der Waals surface area contributed by atoms with E-state index in [4.69, 9.17) is 32.7 Å². The summed E-state index contributed by atoms with van der Waals surface area (Å²) in [7, 11) is 1.57. The molecule has 0 N–H and O–H groups in total. The van der Waals surface area contributed by atoms with Gasteiger partial charge < -0.3 is 14.4 Å². The number of carbonyl (C=O) groups excluding carboxylic acids is 2. The number of ketones is 2. The van der Waals surface area contributed by atoms with Crippen LogP contribution in [0.1, 0.15) is 61.1 Å². The molecule has 6 rings (SSSR count). The highest BCUT2D eigenvalue weighted by molar-refractivity contribution is 6.32.